The summed E-state index contributed by atoms with van der Waals surface area (Å²) in [6.07, 6.45) is 0.538. The Morgan fingerprint density at radius 1 is 1.39 bits per heavy atom. The van der Waals surface area contributed by atoms with Gasteiger partial charge < -0.3 is 11.1 Å². The fraction of sp³-hybridized carbons (Fsp3) is 0.500. The summed E-state index contributed by atoms with van der Waals surface area (Å²) in [7, 11) is 0. The van der Waals surface area contributed by atoms with Gasteiger partial charge in [-0.3, -0.25) is 4.79 Å². The van der Waals surface area contributed by atoms with Crippen LogP contribution in [0, 0.1) is 5.92 Å². The van der Waals surface area contributed by atoms with Crippen molar-refractivity contribution in [1.29, 1.82) is 0 Å². The fourth-order valence-electron chi connectivity index (χ4n) is 1.37. The van der Waals surface area contributed by atoms with Crippen LogP contribution < -0.4 is 11.1 Å². The summed E-state index contributed by atoms with van der Waals surface area (Å²) in [5.74, 6) is 1.55. The van der Waals surface area contributed by atoms with E-state index < -0.39 is 0 Å². The molecule has 3 N–H and O–H groups in total. The van der Waals surface area contributed by atoms with Crippen LogP contribution in [0.3, 0.4) is 0 Å². The fourth-order valence-corrected chi connectivity index (χ4v) is 2.43. The molecule has 1 amide bonds. The Morgan fingerprint density at radius 2 is 2.11 bits per heavy atom. The number of carbonyl (C=O) groups excluding carboxylic acids is 1. The molecule has 4 heteroatoms. The van der Waals surface area contributed by atoms with Gasteiger partial charge in [0.15, 0.2) is 0 Å². The van der Waals surface area contributed by atoms with Gasteiger partial charge in [0.05, 0.1) is 0 Å². The zero-order valence-electron chi connectivity index (χ0n) is 11.3. The van der Waals surface area contributed by atoms with Crippen molar-refractivity contribution in [1.82, 2.24) is 0 Å². The van der Waals surface area contributed by atoms with E-state index in [9.17, 15) is 4.79 Å². The molecule has 0 aliphatic carbocycles. The Balaban J connectivity index is 2.30. The number of hydrogen-bond donors (Lipinski definition) is 2. The number of nitrogens with two attached hydrogens (primary N) is 1. The largest absolute Gasteiger partial charge is 0.399 e. The summed E-state index contributed by atoms with van der Waals surface area (Å²) in [4.78, 5) is 11.7. The number of rotatable bonds is 6. The molecule has 100 valence electrons. The molecule has 1 rings (SSSR count). The van der Waals surface area contributed by atoms with Crippen LogP contribution in [0.15, 0.2) is 24.3 Å². The van der Waals surface area contributed by atoms with Crippen LogP contribution in [0.5, 0.6) is 0 Å². The third kappa shape index (κ3) is 5.45. The SMILES string of the molecule is CC(C)C(C)SCCC(=O)Nc1cccc(N)c1. The van der Waals surface area contributed by atoms with Crippen molar-refractivity contribution in [3.63, 3.8) is 0 Å². The lowest BCUT2D eigenvalue weighted by molar-refractivity contribution is -0.115. The van der Waals surface area contributed by atoms with Crippen LogP contribution >= 0.6 is 11.8 Å². The van der Waals surface area contributed by atoms with Gasteiger partial charge >= 0.3 is 0 Å². The number of nitrogen functional groups attached to an aromatic ring is 1. The molecule has 0 radical (unpaired) electrons. The van der Waals surface area contributed by atoms with E-state index in [4.69, 9.17) is 5.73 Å². The highest BCUT2D eigenvalue weighted by Crippen LogP contribution is 2.19. The molecule has 1 aromatic carbocycles. The zero-order chi connectivity index (χ0) is 13.5. The molecule has 18 heavy (non-hydrogen) atoms. The van der Waals surface area contributed by atoms with Gasteiger partial charge in [-0.25, -0.2) is 0 Å². The Hall–Kier alpha value is -1.16. The van der Waals surface area contributed by atoms with E-state index in [1.165, 1.54) is 0 Å². The van der Waals surface area contributed by atoms with Gasteiger partial charge in [0, 0.05) is 28.8 Å². The predicted octanol–water partition coefficient (Wildman–Crippen LogP) is 3.38. The van der Waals surface area contributed by atoms with Crippen LogP contribution in [-0.2, 0) is 4.79 Å². The van der Waals surface area contributed by atoms with Crippen molar-refractivity contribution in [3.05, 3.63) is 24.3 Å². The van der Waals surface area contributed by atoms with Crippen LogP contribution in [0.4, 0.5) is 11.4 Å². The van der Waals surface area contributed by atoms with Crippen LogP contribution in [0.1, 0.15) is 27.2 Å². The molecule has 0 aliphatic rings. The second-order valence-electron chi connectivity index (χ2n) is 4.74. The maximum absolute atomic E-state index is 11.7. The highest BCUT2D eigenvalue weighted by molar-refractivity contribution is 7.99. The molecular formula is C14H22N2OS. The molecule has 0 heterocycles. The normalized spacial score (nSPS) is 12.4. The maximum atomic E-state index is 11.7. The van der Waals surface area contributed by atoms with Gasteiger partial charge in [-0.2, -0.15) is 11.8 Å². The molecule has 0 bridgehead atoms. The minimum absolute atomic E-state index is 0.0454. The van der Waals surface area contributed by atoms with Crippen molar-refractivity contribution in [3.8, 4) is 0 Å². The molecule has 0 aliphatic heterocycles. The molecule has 0 saturated heterocycles. The standard InChI is InChI=1S/C14H22N2OS/c1-10(2)11(3)18-8-7-14(17)16-13-6-4-5-12(15)9-13/h4-6,9-11H,7-8,15H2,1-3H3,(H,16,17). The highest BCUT2D eigenvalue weighted by Gasteiger charge is 2.09. The molecule has 1 unspecified atom stereocenters. The first-order valence-electron chi connectivity index (χ1n) is 6.26. The van der Waals surface area contributed by atoms with E-state index in [-0.39, 0.29) is 5.91 Å². The Bertz CT molecular complexity index is 393. The van der Waals surface area contributed by atoms with Crippen molar-refractivity contribution in [2.45, 2.75) is 32.4 Å². The molecule has 1 atom stereocenters. The van der Waals surface area contributed by atoms with Gasteiger partial charge in [-0.05, 0) is 24.1 Å². The van der Waals surface area contributed by atoms with Gasteiger partial charge in [-0.15, -0.1) is 0 Å². The molecule has 1 aromatic rings. The summed E-state index contributed by atoms with van der Waals surface area (Å²) < 4.78 is 0. The van der Waals surface area contributed by atoms with Crippen LogP contribution in [-0.4, -0.2) is 16.9 Å². The summed E-state index contributed by atoms with van der Waals surface area (Å²) >= 11 is 1.84. The topological polar surface area (TPSA) is 55.1 Å². The molecule has 0 saturated carbocycles. The smallest absolute Gasteiger partial charge is 0.225 e. The Labute approximate surface area is 114 Å². The molecule has 3 nitrogen and oxygen atoms in total. The van der Waals surface area contributed by atoms with Crippen LogP contribution in [0.25, 0.3) is 0 Å². The number of hydrogen-bond acceptors (Lipinski definition) is 3. The van der Waals surface area contributed by atoms with E-state index in [2.05, 4.69) is 26.1 Å². The van der Waals surface area contributed by atoms with Crippen molar-refractivity contribution < 1.29 is 4.79 Å². The van der Waals surface area contributed by atoms with E-state index in [1.54, 1.807) is 12.1 Å². The molecule has 0 aromatic heterocycles. The Morgan fingerprint density at radius 3 is 2.72 bits per heavy atom. The average Bonchev–Trinajstić information content (AvgIpc) is 2.28. The summed E-state index contributed by atoms with van der Waals surface area (Å²) in [6, 6.07) is 7.25. The van der Waals surface area contributed by atoms with Crippen molar-refractivity contribution >= 4 is 29.0 Å². The van der Waals surface area contributed by atoms with Crippen molar-refractivity contribution in [2.75, 3.05) is 16.8 Å². The van der Waals surface area contributed by atoms with E-state index in [0.717, 1.165) is 11.4 Å². The van der Waals surface area contributed by atoms with Crippen molar-refractivity contribution in [2.24, 2.45) is 5.92 Å². The first-order valence-corrected chi connectivity index (χ1v) is 7.31. The first-order chi connectivity index (χ1) is 8.49. The second-order valence-corrected chi connectivity index (χ2v) is 6.23. The van der Waals surface area contributed by atoms with Crippen LogP contribution in [0.2, 0.25) is 0 Å². The second kappa shape index (κ2) is 7.31. The predicted molar refractivity (Wildman–Crippen MR) is 80.9 cm³/mol. The minimum Gasteiger partial charge on any atom is -0.399 e. The molecular weight excluding hydrogens is 244 g/mol. The summed E-state index contributed by atoms with van der Waals surface area (Å²) in [6.45, 7) is 6.60. The monoisotopic (exact) mass is 266 g/mol. The molecule has 0 fully saturated rings. The molecule has 0 spiro atoms. The van der Waals surface area contributed by atoms with Gasteiger partial charge in [0.25, 0.3) is 0 Å². The van der Waals surface area contributed by atoms with Gasteiger partial charge in [-0.1, -0.05) is 26.8 Å². The van der Waals surface area contributed by atoms with E-state index in [0.29, 0.717) is 23.3 Å². The summed E-state index contributed by atoms with van der Waals surface area (Å²) in [5, 5.41) is 3.44. The zero-order valence-corrected chi connectivity index (χ0v) is 12.1. The van der Waals surface area contributed by atoms with E-state index >= 15 is 0 Å². The highest BCUT2D eigenvalue weighted by atomic mass is 32.2. The number of anilines is 2. The number of benzene rings is 1. The third-order valence-electron chi connectivity index (χ3n) is 2.82. The maximum Gasteiger partial charge on any atom is 0.225 e. The quantitative estimate of drug-likeness (QED) is 0.776. The lowest BCUT2D eigenvalue weighted by Gasteiger charge is -2.14. The van der Waals surface area contributed by atoms with Gasteiger partial charge in [0.2, 0.25) is 5.91 Å². The number of carbonyl (C=O) groups is 1. The average molecular weight is 266 g/mol. The minimum atomic E-state index is 0.0454. The lowest BCUT2D eigenvalue weighted by Crippen LogP contribution is -2.14. The first kappa shape index (κ1) is 14.9. The number of nitrogens with one attached hydrogen (secondary N) is 1. The number of amides is 1. The Kier molecular flexibility index (Phi) is 6.05. The lowest BCUT2D eigenvalue weighted by atomic mass is 10.2. The number of thioether (sulfide) groups is 1. The van der Waals surface area contributed by atoms with E-state index in [1.807, 2.05) is 23.9 Å². The van der Waals surface area contributed by atoms with Gasteiger partial charge in [0.1, 0.15) is 0 Å². The third-order valence-corrected chi connectivity index (χ3v) is 4.33. The summed E-state index contributed by atoms with van der Waals surface area (Å²) in [5.41, 5.74) is 7.08.